The van der Waals surface area contributed by atoms with Gasteiger partial charge in [0.2, 0.25) is 0 Å². The summed E-state index contributed by atoms with van der Waals surface area (Å²) >= 11 is 0. The standard InChI is InChI=1S/C21H38N4O.HI/c1-7-22-20(23-14-11-15-25(17(2)3)18(4)5)24-16-21(6,26)19-12-9-8-10-13-19;/h8-10,12-13,17-18,26H,7,11,14-16H2,1-6H3,(H2,22,23,24);1H. The highest BCUT2D eigenvalue weighted by Crippen LogP contribution is 2.20. The third-order valence-electron chi connectivity index (χ3n) is 4.50. The summed E-state index contributed by atoms with van der Waals surface area (Å²) in [6, 6.07) is 10.8. The second-order valence-corrected chi connectivity index (χ2v) is 7.54. The van der Waals surface area contributed by atoms with Crippen molar-refractivity contribution in [2.45, 2.75) is 65.6 Å². The summed E-state index contributed by atoms with van der Waals surface area (Å²) in [6.45, 7) is 15.8. The Morgan fingerprint density at radius 2 is 1.70 bits per heavy atom. The molecule has 1 aromatic rings. The zero-order valence-electron chi connectivity index (χ0n) is 17.8. The summed E-state index contributed by atoms with van der Waals surface area (Å²) in [5, 5.41) is 17.3. The number of nitrogens with zero attached hydrogens (tertiary/aromatic N) is 2. The molecule has 0 aliphatic rings. The van der Waals surface area contributed by atoms with Crippen LogP contribution in [-0.2, 0) is 5.60 Å². The molecule has 0 saturated heterocycles. The van der Waals surface area contributed by atoms with E-state index in [0.29, 0.717) is 18.6 Å². The predicted molar refractivity (Wildman–Crippen MR) is 127 cm³/mol. The number of nitrogens with one attached hydrogen (secondary N) is 2. The Labute approximate surface area is 183 Å². The highest BCUT2D eigenvalue weighted by Gasteiger charge is 2.22. The molecule has 1 unspecified atom stereocenters. The molecule has 27 heavy (non-hydrogen) atoms. The van der Waals surface area contributed by atoms with Crippen LogP contribution in [0.3, 0.4) is 0 Å². The van der Waals surface area contributed by atoms with Crippen molar-refractivity contribution in [3.8, 4) is 0 Å². The van der Waals surface area contributed by atoms with Gasteiger partial charge in [0.05, 0.1) is 6.54 Å². The van der Waals surface area contributed by atoms with E-state index in [4.69, 9.17) is 0 Å². The second-order valence-electron chi connectivity index (χ2n) is 7.54. The monoisotopic (exact) mass is 490 g/mol. The quantitative estimate of drug-likeness (QED) is 0.203. The van der Waals surface area contributed by atoms with E-state index in [0.717, 1.165) is 37.6 Å². The summed E-state index contributed by atoms with van der Waals surface area (Å²) in [6.07, 6.45) is 1.05. The van der Waals surface area contributed by atoms with E-state index in [1.165, 1.54) is 0 Å². The van der Waals surface area contributed by atoms with E-state index in [2.05, 4.69) is 48.2 Å². The van der Waals surface area contributed by atoms with Gasteiger partial charge in [-0.3, -0.25) is 4.90 Å². The largest absolute Gasteiger partial charge is 0.384 e. The molecular formula is C21H39IN4O. The molecule has 5 nitrogen and oxygen atoms in total. The maximum Gasteiger partial charge on any atom is 0.191 e. The van der Waals surface area contributed by atoms with Gasteiger partial charge in [-0.05, 0) is 53.5 Å². The van der Waals surface area contributed by atoms with Crippen molar-refractivity contribution in [3.63, 3.8) is 0 Å². The molecule has 1 atom stereocenters. The molecule has 0 radical (unpaired) electrons. The van der Waals surface area contributed by atoms with Crippen molar-refractivity contribution in [2.24, 2.45) is 4.99 Å². The number of aliphatic hydroxyl groups is 1. The van der Waals surface area contributed by atoms with E-state index < -0.39 is 5.60 Å². The number of halogens is 1. The first kappa shape index (κ1) is 26.1. The molecule has 0 amide bonds. The van der Waals surface area contributed by atoms with Gasteiger partial charge in [-0.25, -0.2) is 4.99 Å². The van der Waals surface area contributed by atoms with Crippen LogP contribution in [-0.4, -0.2) is 54.2 Å². The Kier molecular flexibility index (Phi) is 12.9. The second kappa shape index (κ2) is 13.3. The van der Waals surface area contributed by atoms with Crippen molar-refractivity contribution < 1.29 is 5.11 Å². The molecule has 0 fully saturated rings. The third kappa shape index (κ3) is 9.76. The number of guanidine groups is 1. The molecule has 156 valence electrons. The van der Waals surface area contributed by atoms with Crippen LogP contribution in [0.15, 0.2) is 35.3 Å². The molecular weight excluding hydrogens is 451 g/mol. The molecule has 0 bridgehead atoms. The summed E-state index contributed by atoms with van der Waals surface area (Å²) < 4.78 is 0. The maximum atomic E-state index is 10.7. The van der Waals surface area contributed by atoms with Gasteiger partial charge in [-0.1, -0.05) is 30.3 Å². The van der Waals surface area contributed by atoms with Gasteiger partial charge in [0, 0.05) is 31.7 Å². The zero-order chi connectivity index (χ0) is 19.6. The molecule has 1 aromatic carbocycles. The minimum absolute atomic E-state index is 0. The van der Waals surface area contributed by atoms with Crippen molar-refractivity contribution in [2.75, 3.05) is 26.2 Å². The molecule has 0 saturated carbocycles. The van der Waals surface area contributed by atoms with Crippen LogP contribution in [0.4, 0.5) is 0 Å². The van der Waals surface area contributed by atoms with E-state index in [1.807, 2.05) is 37.3 Å². The SMILES string of the molecule is CCNC(=NCC(C)(O)c1ccccc1)NCCCN(C(C)C)C(C)C.I. The van der Waals surface area contributed by atoms with Crippen molar-refractivity contribution in [1.82, 2.24) is 15.5 Å². The fraction of sp³-hybridized carbons (Fsp3) is 0.667. The molecule has 0 heterocycles. The van der Waals surface area contributed by atoms with Crippen molar-refractivity contribution in [1.29, 1.82) is 0 Å². The lowest BCUT2D eigenvalue weighted by Crippen LogP contribution is -2.42. The van der Waals surface area contributed by atoms with Crippen LogP contribution in [0.2, 0.25) is 0 Å². The van der Waals surface area contributed by atoms with Gasteiger partial charge in [0.1, 0.15) is 5.60 Å². The molecule has 0 aromatic heterocycles. The molecule has 6 heteroatoms. The van der Waals surface area contributed by atoms with Crippen LogP contribution in [0.25, 0.3) is 0 Å². The number of rotatable bonds is 10. The van der Waals surface area contributed by atoms with Crippen LogP contribution < -0.4 is 10.6 Å². The lowest BCUT2D eigenvalue weighted by atomic mass is 9.96. The smallest absolute Gasteiger partial charge is 0.191 e. The van der Waals surface area contributed by atoms with Gasteiger partial charge in [0.15, 0.2) is 5.96 Å². The van der Waals surface area contributed by atoms with E-state index in [-0.39, 0.29) is 24.0 Å². The molecule has 0 aliphatic heterocycles. The van der Waals surface area contributed by atoms with Crippen LogP contribution >= 0.6 is 24.0 Å². The van der Waals surface area contributed by atoms with Gasteiger partial charge in [0.25, 0.3) is 0 Å². The predicted octanol–water partition coefficient (Wildman–Crippen LogP) is 3.58. The minimum Gasteiger partial charge on any atom is -0.384 e. The van der Waals surface area contributed by atoms with Crippen LogP contribution in [0, 0.1) is 0 Å². The Balaban J connectivity index is 0.00000676. The fourth-order valence-electron chi connectivity index (χ4n) is 3.04. The average molecular weight is 490 g/mol. The summed E-state index contributed by atoms with van der Waals surface area (Å²) in [4.78, 5) is 7.07. The van der Waals surface area contributed by atoms with Crippen molar-refractivity contribution >= 4 is 29.9 Å². The average Bonchev–Trinajstić information content (AvgIpc) is 2.59. The maximum absolute atomic E-state index is 10.7. The third-order valence-corrected chi connectivity index (χ3v) is 4.50. The number of benzene rings is 1. The topological polar surface area (TPSA) is 59.9 Å². The molecule has 3 N–H and O–H groups in total. The zero-order valence-corrected chi connectivity index (χ0v) is 20.2. The Hall–Kier alpha value is -0.860. The normalized spacial score (nSPS) is 14.2. The lowest BCUT2D eigenvalue weighted by Gasteiger charge is -2.30. The molecule has 0 aliphatic carbocycles. The summed E-state index contributed by atoms with van der Waals surface area (Å²) in [7, 11) is 0. The van der Waals surface area contributed by atoms with E-state index in [9.17, 15) is 5.11 Å². The first-order chi connectivity index (χ1) is 12.3. The van der Waals surface area contributed by atoms with Gasteiger partial charge in [-0.2, -0.15) is 0 Å². The minimum atomic E-state index is -0.976. The van der Waals surface area contributed by atoms with Crippen LogP contribution in [0.5, 0.6) is 0 Å². The highest BCUT2D eigenvalue weighted by atomic mass is 127. The molecule has 0 spiro atoms. The van der Waals surface area contributed by atoms with Gasteiger partial charge in [-0.15, -0.1) is 24.0 Å². The number of hydrogen-bond donors (Lipinski definition) is 3. The Morgan fingerprint density at radius 1 is 1.11 bits per heavy atom. The number of hydrogen-bond acceptors (Lipinski definition) is 3. The molecule has 1 rings (SSSR count). The van der Waals surface area contributed by atoms with Crippen LogP contribution in [0.1, 0.15) is 53.5 Å². The first-order valence-electron chi connectivity index (χ1n) is 9.83. The highest BCUT2D eigenvalue weighted by molar-refractivity contribution is 14.0. The van der Waals surface area contributed by atoms with Gasteiger partial charge < -0.3 is 15.7 Å². The van der Waals surface area contributed by atoms with Gasteiger partial charge >= 0.3 is 0 Å². The Bertz CT molecular complexity index is 524. The summed E-state index contributed by atoms with van der Waals surface area (Å²) in [5.41, 5.74) is -0.0977. The fourth-order valence-corrected chi connectivity index (χ4v) is 3.04. The number of aliphatic imine (C=N–C) groups is 1. The van der Waals surface area contributed by atoms with E-state index >= 15 is 0 Å². The lowest BCUT2D eigenvalue weighted by molar-refractivity contribution is 0.0672. The Morgan fingerprint density at radius 3 is 2.22 bits per heavy atom. The summed E-state index contributed by atoms with van der Waals surface area (Å²) in [5.74, 6) is 0.754. The van der Waals surface area contributed by atoms with Crippen molar-refractivity contribution in [3.05, 3.63) is 35.9 Å². The van der Waals surface area contributed by atoms with E-state index in [1.54, 1.807) is 6.92 Å². The first-order valence-corrected chi connectivity index (χ1v) is 9.83.